The highest BCUT2D eigenvalue weighted by Crippen LogP contribution is 2.33. The van der Waals surface area contributed by atoms with Gasteiger partial charge >= 0.3 is 0 Å². The molecule has 2 aromatic carbocycles. The van der Waals surface area contributed by atoms with Crippen molar-refractivity contribution in [1.29, 1.82) is 0 Å². The average molecular weight is 436 g/mol. The second-order valence-corrected chi connectivity index (χ2v) is 8.21. The molecular formula is C25H29N3O4. The monoisotopic (exact) mass is 435 g/mol. The van der Waals surface area contributed by atoms with E-state index in [4.69, 9.17) is 9.47 Å². The lowest BCUT2D eigenvalue weighted by atomic mass is 9.97. The first-order chi connectivity index (χ1) is 15.5. The van der Waals surface area contributed by atoms with Gasteiger partial charge in [0.25, 0.3) is 11.8 Å². The van der Waals surface area contributed by atoms with E-state index in [-0.39, 0.29) is 17.7 Å². The van der Waals surface area contributed by atoms with Crippen molar-refractivity contribution in [1.82, 2.24) is 10.3 Å². The van der Waals surface area contributed by atoms with Crippen LogP contribution in [0.5, 0.6) is 11.5 Å². The van der Waals surface area contributed by atoms with E-state index in [1.54, 1.807) is 11.1 Å². The van der Waals surface area contributed by atoms with Gasteiger partial charge in [-0.3, -0.25) is 9.59 Å². The number of nitrogens with zero attached hydrogens (tertiary/aromatic N) is 2. The number of carbonyl (C=O) groups is 2. The Labute approximate surface area is 188 Å². The van der Waals surface area contributed by atoms with E-state index in [2.05, 4.69) is 10.4 Å². The number of nitrogens with one attached hydrogen (secondary N) is 1. The number of amides is 2. The molecule has 0 spiro atoms. The van der Waals surface area contributed by atoms with E-state index >= 15 is 0 Å². The molecule has 7 heteroatoms. The van der Waals surface area contributed by atoms with Crippen molar-refractivity contribution in [3.63, 3.8) is 0 Å². The van der Waals surface area contributed by atoms with E-state index in [1.165, 1.54) is 0 Å². The summed E-state index contributed by atoms with van der Waals surface area (Å²) in [6.45, 7) is 6.67. The molecule has 168 valence electrons. The largest absolute Gasteiger partial charge is 0.482 e. The summed E-state index contributed by atoms with van der Waals surface area (Å²) in [7, 11) is 0. The van der Waals surface area contributed by atoms with Crippen LogP contribution in [0.4, 0.5) is 0 Å². The normalized spacial score (nSPS) is 22.0. The van der Waals surface area contributed by atoms with Gasteiger partial charge in [-0.1, -0.05) is 43.3 Å². The van der Waals surface area contributed by atoms with Gasteiger partial charge < -0.3 is 14.8 Å². The first kappa shape index (κ1) is 21.9. The van der Waals surface area contributed by atoms with Crippen molar-refractivity contribution in [2.45, 2.75) is 52.4 Å². The van der Waals surface area contributed by atoms with Gasteiger partial charge in [-0.25, -0.2) is 5.01 Å². The minimum Gasteiger partial charge on any atom is -0.482 e. The number of aryl methyl sites for hydroxylation is 1. The predicted molar refractivity (Wildman–Crippen MR) is 122 cm³/mol. The molecule has 32 heavy (non-hydrogen) atoms. The van der Waals surface area contributed by atoms with Crippen LogP contribution in [-0.2, 0) is 16.1 Å². The van der Waals surface area contributed by atoms with Crippen LogP contribution in [0, 0.1) is 12.8 Å². The Morgan fingerprint density at radius 1 is 1.09 bits per heavy atom. The van der Waals surface area contributed by atoms with Crippen molar-refractivity contribution in [2.24, 2.45) is 11.0 Å². The van der Waals surface area contributed by atoms with Crippen LogP contribution >= 0.6 is 0 Å². The molecule has 0 aromatic heterocycles. The molecule has 0 fully saturated rings. The fourth-order valence-corrected chi connectivity index (χ4v) is 4.11. The average Bonchev–Trinajstić information content (AvgIpc) is 3.09. The molecule has 0 bridgehead atoms. The fraction of sp³-hybridized carbons (Fsp3) is 0.400. The van der Waals surface area contributed by atoms with Gasteiger partial charge in [0, 0.05) is 6.54 Å². The Bertz CT molecular complexity index is 1040. The highest BCUT2D eigenvalue weighted by molar-refractivity contribution is 6.07. The van der Waals surface area contributed by atoms with Gasteiger partial charge in [-0.2, -0.15) is 5.10 Å². The summed E-state index contributed by atoms with van der Waals surface area (Å²) < 4.78 is 11.7. The minimum absolute atomic E-state index is 0.0149. The molecule has 3 atom stereocenters. The minimum atomic E-state index is -0.735. The molecule has 2 amide bonds. The van der Waals surface area contributed by atoms with Crippen molar-refractivity contribution >= 4 is 17.5 Å². The molecule has 4 rings (SSSR count). The van der Waals surface area contributed by atoms with Crippen LogP contribution in [0.3, 0.4) is 0 Å². The van der Waals surface area contributed by atoms with E-state index < -0.39 is 12.2 Å². The topological polar surface area (TPSA) is 80.2 Å². The molecule has 2 aliphatic rings. The summed E-state index contributed by atoms with van der Waals surface area (Å²) in [5.41, 5.74) is 3.07. The molecule has 1 N–H and O–H groups in total. The van der Waals surface area contributed by atoms with Crippen LogP contribution in [0.15, 0.2) is 53.6 Å². The molecule has 0 saturated carbocycles. The lowest BCUT2D eigenvalue weighted by Gasteiger charge is -2.31. The van der Waals surface area contributed by atoms with Gasteiger partial charge in [0.05, 0.1) is 18.2 Å². The fourth-order valence-electron chi connectivity index (χ4n) is 4.11. The van der Waals surface area contributed by atoms with Gasteiger partial charge in [-0.15, -0.1) is 0 Å². The second kappa shape index (κ2) is 9.42. The Morgan fingerprint density at radius 2 is 1.78 bits per heavy atom. The summed E-state index contributed by atoms with van der Waals surface area (Å²) >= 11 is 0. The number of ether oxygens (including phenoxy) is 2. The number of fused-ring (bicyclic) bond motifs is 1. The molecule has 2 aliphatic heterocycles. The number of hydrogen-bond acceptors (Lipinski definition) is 5. The quantitative estimate of drug-likeness (QED) is 0.722. The van der Waals surface area contributed by atoms with Gasteiger partial charge in [0.2, 0.25) is 6.10 Å². The Balaban J connectivity index is 1.33. The zero-order valence-electron chi connectivity index (χ0n) is 18.7. The molecule has 0 radical (unpaired) electrons. The lowest BCUT2D eigenvalue weighted by Crippen LogP contribution is -2.49. The summed E-state index contributed by atoms with van der Waals surface area (Å²) in [5.74, 6) is 0.621. The first-order valence-electron chi connectivity index (χ1n) is 11.1. The highest BCUT2D eigenvalue weighted by atomic mass is 16.6. The lowest BCUT2D eigenvalue weighted by molar-refractivity contribution is -0.135. The van der Waals surface area contributed by atoms with Crippen LogP contribution in [-0.4, -0.2) is 41.3 Å². The van der Waals surface area contributed by atoms with E-state index in [0.29, 0.717) is 37.4 Å². The van der Waals surface area contributed by atoms with Crippen molar-refractivity contribution < 1.29 is 19.1 Å². The van der Waals surface area contributed by atoms with Crippen LogP contribution in [0.1, 0.15) is 37.8 Å². The SMILES string of the molecule is CCC1=NN(Cc2ccccc2C)C(=O)[C@@H]1CCNC(=O)[C@@H]1Oc2ccccc2O[C@@H]1C. The third-order valence-corrected chi connectivity index (χ3v) is 5.98. The third-order valence-electron chi connectivity index (χ3n) is 5.98. The third kappa shape index (κ3) is 4.47. The van der Waals surface area contributed by atoms with E-state index in [0.717, 1.165) is 16.8 Å². The number of hydrogen-bond donors (Lipinski definition) is 1. The van der Waals surface area contributed by atoms with Crippen LogP contribution in [0.25, 0.3) is 0 Å². The van der Waals surface area contributed by atoms with Crippen molar-refractivity contribution in [3.05, 3.63) is 59.7 Å². The van der Waals surface area contributed by atoms with E-state index in [1.807, 2.05) is 63.2 Å². The number of rotatable bonds is 7. The van der Waals surface area contributed by atoms with E-state index in [9.17, 15) is 9.59 Å². The second-order valence-electron chi connectivity index (χ2n) is 8.21. The van der Waals surface area contributed by atoms with Gasteiger partial charge in [-0.05, 0) is 49.9 Å². The maximum atomic E-state index is 13.0. The molecule has 2 heterocycles. The zero-order valence-corrected chi connectivity index (χ0v) is 18.7. The molecule has 0 unspecified atom stereocenters. The smallest absolute Gasteiger partial charge is 0.265 e. The first-order valence-corrected chi connectivity index (χ1v) is 11.1. The number of benzene rings is 2. The Hall–Kier alpha value is -3.35. The molecule has 2 aromatic rings. The Morgan fingerprint density at radius 3 is 2.50 bits per heavy atom. The number of para-hydroxylation sites is 2. The zero-order chi connectivity index (χ0) is 22.7. The summed E-state index contributed by atoms with van der Waals surface area (Å²) in [6.07, 6.45) is 0.0543. The Kier molecular flexibility index (Phi) is 6.44. The molecule has 0 aliphatic carbocycles. The van der Waals surface area contributed by atoms with Gasteiger partial charge in [0.15, 0.2) is 11.5 Å². The van der Waals surface area contributed by atoms with Crippen LogP contribution < -0.4 is 14.8 Å². The van der Waals surface area contributed by atoms with Crippen molar-refractivity contribution in [3.8, 4) is 11.5 Å². The van der Waals surface area contributed by atoms with Crippen molar-refractivity contribution in [2.75, 3.05) is 6.54 Å². The molecule has 7 nitrogen and oxygen atoms in total. The summed E-state index contributed by atoms with van der Waals surface area (Å²) in [5, 5.41) is 9.04. The molecule has 0 saturated heterocycles. The predicted octanol–water partition coefficient (Wildman–Crippen LogP) is 3.45. The number of hydrazone groups is 1. The van der Waals surface area contributed by atoms with Crippen LogP contribution in [0.2, 0.25) is 0 Å². The maximum absolute atomic E-state index is 13.0. The number of carbonyl (C=O) groups excluding carboxylic acids is 2. The molecular weight excluding hydrogens is 406 g/mol. The summed E-state index contributed by atoms with van der Waals surface area (Å²) in [6, 6.07) is 15.3. The summed E-state index contributed by atoms with van der Waals surface area (Å²) in [4.78, 5) is 25.7. The maximum Gasteiger partial charge on any atom is 0.265 e. The standard InChI is InChI=1S/C25H29N3O4/c1-4-20-19(25(30)28(27-20)15-18-10-6-5-9-16(18)2)13-14-26-24(29)23-17(3)31-21-11-7-8-12-22(21)32-23/h5-12,17,19,23H,4,13-15H2,1-3H3,(H,26,29)/t17-,19-,23-/m1/s1. The highest BCUT2D eigenvalue weighted by Gasteiger charge is 2.36. The van der Waals surface area contributed by atoms with Gasteiger partial charge in [0.1, 0.15) is 6.10 Å².